The van der Waals surface area contributed by atoms with Gasteiger partial charge in [-0.1, -0.05) is 89.4 Å². The van der Waals surface area contributed by atoms with E-state index in [1.807, 2.05) is 0 Å². The van der Waals surface area contributed by atoms with Gasteiger partial charge in [-0.25, -0.2) is 14.4 Å². The van der Waals surface area contributed by atoms with Crippen molar-refractivity contribution in [3.63, 3.8) is 0 Å². The molecule has 2 unspecified atom stereocenters. The van der Waals surface area contributed by atoms with E-state index in [9.17, 15) is 14.4 Å². The molecule has 40 heavy (non-hydrogen) atoms. The van der Waals surface area contributed by atoms with Crippen LogP contribution in [0.15, 0.2) is 91.0 Å². The Morgan fingerprint density at radius 2 is 1.10 bits per heavy atom. The average molecular weight is 607 g/mol. The van der Waals surface area contributed by atoms with E-state index in [2.05, 4.69) is 0 Å². The molecule has 0 radical (unpaired) electrons. The molecular formula is C28H22Cl3NO8. The van der Waals surface area contributed by atoms with Crippen molar-refractivity contribution in [3.8, 4) is 0 Å². The Morgan fingerprint density at radius 3 is 1.55 bits per heavy atom. The molecule has 0 amide bonds. The summed E-state index contributed by atoms with van der Waals surface area (Å²) >= 11 is 17.3. The first kappa shape index (κ1) is 29.4. The Labute approximate surface area is 244 Å². The lowest BCUT2D eigenvalue weighted by molar-refractivity contribution is -0.128. The lowest BCUT2D eigenvalue weighted by Gasteiger charge is -2.25. The number of carbonyl (C=O) groups is 3. The summed E-state index contributed by atoms with van der Waals surface area (Å²) in [7, 11) is 0. The Bertz CT molecular complexity index is 1340. The molecule has 0 spiro atoms. The van der Waals surface area contributed by atoms with E-state index >= 15 is 0 Å². The fourth-order valence-electron chi connectivity index (χ4n) is 3.72. The van der Waals surface area contributed by atoms with Crippen LogP contribution in [0.2, 0.25) is 0 Å². The lowest BCUT2D eigenvalue weighted by Crippen LogP contribution is -2.43. The first-order valence-electron chi connectivity index (χ1n) is 11.9. The second kappa shape index (κ2) is 13.1. The van der Waals surface area contributed by atoms with E-state index in [-0.39, 0.29) is 16.7 Å². The molecule has 9 nitrogen and oxygen atoms in total. The van der Waals surface area contributed by atoms with Crippen LogP contribution in [0.4, 0.5) is 0 Å². The summed E-state index contributed by atoms with van der Waals surface area (Å²) in [5.41, 5.74) is 0.662. The molecule has 3 aromatic rings. The van der Waals surface area contributed by atoms with E-state index in [1.165, 1.54) is 24.3 Å². The quantitative estimate of drug-likeness (QED) is 0.119. The van der Waals surface area contributed by atoms with Crippen molar-refractivity contribution >= 4 is 58.6 Å². The van der Waals surface area contributed by atoms with Gasteiger partial charge in [0.1, 0.15) is 12.7 Å². The summed E-state index contributed by atoms with van der Waals surface area (Å²) in [6.45, 7) is -0.430. The number of carbonyl (C=O) groups excluding carboxylic acids is 3. The van der Waals surface area contributed by atoms with E-state index in [0.29, 0.717) is 0 Å². The van der Waals surface area contributed by atoms with Gasteiger partial charge in [-0.05, 0) is 36.4 Å². The monoisotopic (exact) mass is 605 g/mol. The van der Waals surface area contributed by atoms with Gasteiger partial charge in [0.2, 0.25) is 18.3 Å². The third-order valence-electron chi connectivity index (χ3n) is 5.65. The van der Waals surface area contributed by atoms with Gasteiger partial charge >= 0.3 is 17.9 Å². The number of hydrogen-bond donors (Lipinski definition) is 1. The van der Waals surface area contributed by atoms with Gasteiger partial charge in [0.05, 0.1) is 16.7 Å². The Kier molecular flexibility index (Phi) is 9.65. The maximum Gasteiger partial charge on any atom is 0.338 e. The van der Waals surface area contributed by atoms with Crippen molar-refractivity contribution in [2.45, 2.75) is 28.4 Å². The fraction of sp³-hybridized carbons (Fsp3) is 0.214. The number of esters is 3. The minimum absolute atomic E-state index is 0.185. The van der Waals surface area contributed by atoms with E-state index in [4.69, 9.17) is 63.9 Å². The Morgan fingerprint density at radius 1 is 0.675 bits per heavy atom. The third kappa shape index (κ3) is 7.51. The van der Waals surface area contributed by atoms with Gasteiger partial charge in [-0.15, -0.1) is 0 Å². The van der Waals surface area contributed by atoms with E-state index in [0.717, 1.165) is 0 Å². The van der Waals surface area contributed by atoms with Crippen molar-refractivity contribution in [2.75, 3.05) is 6.61 Å². The van der Waals surface area contributed by atoms with Crippen molar-refractivity contribution in [3.05, 3.63) is 108 Å². The molecule has 0 bridgehead atoms. The zero-order valence-electron chi connectivity index (χ0n) is 20.6. The molecule has 208 valence electrons. The van der Waals surface area contributed by atoms with Gasteiger partial charge in [-0.2, -0.15) is 0 Å². The number of ether oxygens (including phenoxy) is 5. The van der Waals surface area contributed by atoms with Gasteiger partial charge in [0.15, 0.2) is 6.10 Å². The predicted molar refractivity (Wildman–Crippen MR) is 146 cm³/mol. The number of halogens is 3. The fourth-order valence-corrected chi connectivity index (χ4v) is 3.85. The second-order valence-corrected chi connectivity index (χ2v) is 10.7. The third-order valence-corrected chi connectivity index (χ3v) is 6.17. The molecule has 1 saturated heterocycles. The van der Waals surface area contributed by atoms with Crippen molar-refractivity contribution in [1.82, 2.24) is 0 Å². The minimum Gasteiger partial charge on any atom is -0.459 e. The zero-order chi connectivity index (χ0) is 28.7. The maximum atomic E-state index is 13.0. The number of benzene rings is 3. The van der Waals surface area contributed by atoms with Crippen LogP contribution in [0.25, 0.3) is 0 Å². The topological polar surface area (TPSA) is 121 Å². The highest BCUT2D eigenvalue weighted by molar-refractivity contribution is 6.76. The van der Waals surface area contributed by atoms with Crippen LogP contribution in [0, 0.1) is 5.41 Å². The molecular weight excluding hydrogens is 585 g/mol. The molecule has 1 heterocycles. The smallest absolute Gasteiger partial charge is 0.338 e. The highest BCUT2D eigenvalue weighted by Gasteiger charge is 2.53. The minimum atomic E-state index is -2.27. The summed E-state index contributed by atoms with van der Waals surface area (Å²) in [6, 6.07) is 24.3. The van der Waals surface area contributed by atoms with Crippen molar-refractivity contribution in [1.29, 1.82) is 5.41 Å². The Balaban J connectivity index is 1.63. The van der Waals surface area contributed by atoms with Crippen molar-refractivity contribution < 1.29 is 38.1 Å². The van der Waals surface area contributed by atoms with Crippen LogP contribution in [-0.4, -0.2) is 58.8 Å². The standard InChI is InChI=1S/C28H22Cl3NO8/c29-28(30,31)27(32)40-26-22(39-25(35)19-14-8-3-9-15-19)21(38-24(34)18-12-6-2-7-13-18)20(37-26)16-36-23(33)17-10-4-1-5-11-17/h1-15,20-22,26,32H,16H2/t20-,21?,22?,26+/m1/s1. The highest BCUT2D eigenvalue weighted by Crippen LogP contribution is 2.34. The SMILES string of the molecule is N=C(O[C@@H]1O[C@H](COC(=O)c2ccccc2)C(OC(=O)c2ccccc2)C1OC(=O)c1ccccc1)C(Cl)(Cl)Cl. The van der Waals surface area contributed by atoms with Crippen LogP contribution in [-0.2, 0) is 23.7 Å². The normalized spacial score (nSPS) is 20.3. The molecule has 1 fully saturated rings. The summed E-state index contributed by atoms with van der Waals surface area (Å²) in [6.07, 6.45) is -5.56. The summed E-state index contributed by atoms with van der Waals surface area (Å²) < 4.78 is 25.8. The maximum absolute atomic E-state index is 13.0. The summed E-state index contributed by atoms with van der Waals surface area (Å²) in [4.78, 5) is 38.6. The molecule has 4 rings (SSSR count). The molecule has 0 aromatic heterocycles. The first-order chi connectivity index (χ1) is 19.1. The number of nitrogens with one attached hydrogen (secondary N) is 1. The molecule has 12 heteroatoms. The molecule has 1 N–H and O–H groups in total. The average Bonchev–Trinajstić information content (AvgIpc) is 3.27. The first-order valence-corrected chi connectivity index (χ1v) is 13.0. The Hall–Kier alpha value is -3.63. The van der Waals surface area contributed by atoms with E-state index in [1.54, 1.807) is 66.7 Å². The second-order valence-electron chi connectivity index (χ2n) is 8.42. The van der Waals surface area contributed by atoms with Crippen LogP contribution in [0.3, 0.4) is 0 Å². The van der Waals surface area contributed by atoms with Crippen LogP contribution >= 0.6 is 34.8 Å². The summed E-state index contributed by atoms with van der Waals surface area (Å²) in [5, 5.41) is 8.00. The largest absolute Gasteiger partial charge is 0.459 e. The highest BCUT2D eigenvalue weighted by atomic mass is 35.6. The lowest BCUT2D eigenvalue weighted by atomic mass is 10.1. The van der Waals surface area contributed by atoms with E-state index < -0.39 is 58.8 Å². The van der Waals surface area contributed by atoms with Crippen LogP contribution < -0.4 is 0 Å². The van der Waals surface area contributed by atoms with Gasteiger partial charge in [0.25, 0.3) is 3.79 Å². The molecule has 0 aliphatic carbocycles. The van der Waals surface area contributed by atoms with Crippen molar-refractivity contribution in [2.24, 2.45) is 0 Å². The number of alkyl halides is 3. The van der Waals surface area contributed by atoms with Gasteiger partial charge in [-0.3, -0.25) is 5.41 Å². The predicted octanol–water partition coefficient (Wildman–Crippen LogP) is 5.38. The molecule has 0 saturated carbocycles. The number of rotatable bonds is 8. The molecule has 4 atom stereocenters. The summed E-state index contributed by atoms with van der Waals surface area (Å²) in [5.74, 6) is -3.08. The molecule has 3 aromatic carbocycles. The van der Waals surface area contributed by atoms with Crippen LogP contribution in [0.1, 0.15) is 31.1 Å². The van der Waals surface area contributed by atoms with Gasteiger partial charge in [0, 0.05) is 0 Å². The molecule has 1 aliphatic rings. The van der Waals surface area contributed by atoms with Crippen LogP contribution in [0.5, 0.6) is 0 Å². The number of hydrogen-bond acceptors (Lipinski definition) is 9. The van der Waals surface area contributed by atoms with Gasteiger partial charge < -0.3 is 23.7 Å². The molecule has 1 aliphatic heterocycles. The zero-order valence-corrected chi connectivity index (χ0v) is 22.8.